The minimum atomic E-state index is 0.0794. The monoisotopic (exact) mass is 429 g/mol. The van der Waals surface area contributed by atoms with Gasteiger partial charge in [0, 0.05) is 52.3 Å². The van der Waals surface area contributed by atoms with E-state index in [1.807, 2.05) is 34.7 Å². The van der Waals surface area contributed by atoms with E-state index < -0.39 is 0 Å². The van der Waals surface area contributed by atoms with Crippen molar-refractivity contribution in [2.75, 3.05) is 31.1 Å². The van der Waals surface area contributed by atoms with Gasteiger partial charge in [0.25, 0.3) is 5.91 Å². The SMILES string of the molecule is O=C(c1cc(Br)cc(Br)c1)N1CCN(c2nccs2)CC1. The Morgan fingerprint density at radius 2 is 1.76 bits per heavy atom. The first-order valence-corrected chi connectivity index (χ1v) is 9.00. The molecule has 110 valence electrons. The molecule has 1 aromatic heterocycles. The van der Waals surface area contributed by atoms with Crippen LogP contribution in [0.4, 0.5) is 5.13 Å². The van der Waals surface area contributed by atoms with Crippen molar-refractivity contribution in [3.63, 3.8) is 0 Å². The van der Waals surface area contributed by atoms with Gasteiger partial charge in [0.1, 0.15) is 0 Å². The summed E-state index contributed by atoms with van der Waals surface area (Å²) >= 11 is 8.49. The molecular weight excluding hydrogens is 418 g/mol. The smallest absolute Gasteiger partial charge is 0.254 e. The number of benzene rings is 1. The first-order valence-electron chi connectivity index (χ1n) is 6.53. The van der Waals surface area contributed by atoms with Crippen molar-refractivity contribution in [1.29, 1.82) is 0 Å². The average Bonchev–Trinajstić information content (AvgIpc) is 3.00. The lowest BCUT2D eigenvalue weighted by Crippen LogP contribution is -2.48. The quantitative estimate of drug-likeness (QED) is 0.729. The van der Waals surface area contributed by atoms with E-state index in [4.69, 9.17) is 0 Å². The van der Waals surface area contributed by atoms with E-state index in [-0.39, 0.29) is 5.91 Å². The molecule has 1 fully saturated rings. The topological polar surface area (TPSA) is 36.4 Å². The van der Waals surface area contributed by atoms with Crippen LogP contribution >= 0.6 is 43.2 Å². The largest absolute Gasteiger partial charge is 0.345 e. The molecule has 1 saturated heterocycles. The van der Waals surface area contributed by atoms with Gasteiger partial charge in [0.15, 0.2) is 5.13 Å². The van der Waals surface area contributed by atoms with E-state index in [0.29, 0.717) is 5.56 Å². The second kappa shape index (κ2) is 6.46. The number of carbonyl (C=O) groups is 1. The predicted octanol–water partition coefficient (Wildman–Crippen LogP) is 3.63. The highest BCUT2D eigenvalue weighted by Gasteiger charge is 2.23. The number of hydrogen-bond acceptors (Lipinski definition) is 4. The summed E-state index contributed by atoms with van der Waals surface area (Å²) in [6.45, 7) is 3.11. The van der Waals surface area contributed by atoms with Gasteiger partial charge in [-0.3, -0.25) is 4.79 Å². The van der Waals surface area contributed by atoms with Crippen molar-refractivity contribution in [3.8, 4) is 0 Å². The molecule has 0 unspecified atom stereocenters. The number of halogens is 2. The first kappa shape index (κ1) is 15.0. The third-order valence-corrected chi connectivity index (χ3v) is 5.11. The number of rotatable bonds is 2. The lowest BCUT2D eigenvalue weighted by Gasteiger charge is -2.34. The fourth-order valence-electron chi connectivity index (χ4n) is 2.33. The molecule has 2 heterocycles. The standard InChI is InChI=1S/C14H13Br2N3OS/c15-11-7-10(8-12(16)9-11)13(20)18-2-4-19(5-3-18)14-17-1-6-21-14/h1,6-9H,2-5H2. The Hall–Kier alpha value is -0.920. The van der Waals surface area contributed by atoms with Crippen LogP contribution in [-0.4, -0.2) is 42.0 Å². The summed E-state index contributed by atoms with van der Waals surface area (Å²) in [6, 6.07) is 5.65. The van der Waals surface area contributed by atoms with Crippen LogP contribution in [0.2, 0.25) is 0 Å². The highest BCUT2D eigenvalue weighted by Crippen LogP contribution is 2.23. The molecule has 3 rings (SSSR count). The summed E-state index contributed by atoms with van der Waals surface area (Å²) < 4.78 is 1.81. The lowest BCUT2D eigenvalue weighted by molar-refractivity contribution is 0.0746. The Bertz CT molecular complexity index is 619. The van der Waals surface area contributed by atoms with Crippen molar-refractivity contribution in [1.82, 2.24) is 9.88 Å². The van der Waals surface area contributed by atoms with Crippen LogP contribution in [-0.2, 0) is 0 Å². The Morgan fingerprint density at radius 1 is 1.10 bits per heavy atom. The molecule has 7 heteroatoms. The van der Waals surface area contributed by atoms with Gasteiger partial charge >= 0.3 is 0 Å². The maximum absolute atomic E-state index is 12.6. The third kappa shape index (κ3) is 3.46. The summed E-state index contributed by atoms with van der Waals surface area (Å²) in [7, 11) is 0. The Morgan fingerprint density at radius 3 is 2.33 bits per heavy atom. The van der Waals surface area contributed by atoms with Crippen molar-refractivity contribution < 1.29 is 4.79 Å². The maximum Gasteiger partial charge on any atom is 0.254 e. The van der Waals surface area contributed by atoms with Crippen LogP contribution < -0.4 is 4.90 Å². The highest BCUT2D eigenvalue weighted by molar-refractivity contribution is 9.11. The minimum Gasteiger partial charge on any atom is -0.345 e. The Balaban J connectivity index is 1.67. The van der Waals surface area contributed by atoms with Gasteiger partial charge in [0.2, 0.25) is 0 Å². The molecule has 2 aromatic rings. The zero-order valence-electron chi connectivity index (χ0n) is 11.1. The summed E-state index contributed by atoms with van der Waals surface area (Å²) in [5.41, 5.74) is 0.707. The maximum atomic E-state index is 12.6. The molecule has 4 nitrogen and oxygen atoms in total. The van der Waals surface area contributed by atoms with E-state index in [1.54, 1.807) is 11.3 Å². The zero-order valence-corrected chi connectivity index (χ0v) is 15.1. The molecule has 1 aliphatic rings. The first-order chi connectivity index (χ1) is 10.1. The van der Waals surface area contributed by atoms with Gasteiger partial charge in [-0.25, -0.2) is 4.98 Å². The van der Waals surface area contributed by atoms with E-state index in [2.05, 4.69) is 41.7 Å². The molecule has 0 spiro atoms. The lowest BCUT2D eigenvalue weighted by atomic mass is 10.2. The second-order valence-corrected chi connectivity index (χ2v) is 7.46. The fraction of sp³-hybridized carbons (Fsp3) is 0.286. The average molecular weight is 431 g/mol. The van der Waals surface area contributed by atoms with Crippen molar-refractivity contribution in [2.24, 2.45) is 0 Å². The van der Waals surface area contributed by atoms with Crippen LogP contribution in [0.5, 0.6) is 0 Å². The number of hydrogen-bond donors (Lipinski definition) is 0. The number of anilines is 1. The van der Waals surface area contributed by atoms with Gasteiger partial charge in [0.05, 0.1) is 0 Å². The molecule has 0 bridgehead atoms. The van der Waals surface area contributed by atoms with E-state index in [0.717, 1.165) is 40.3 Å². The summed E-state index contributed by atoms with van der Waals surface area (Å²) in [4.78, 5) is 21.0. The molecule has 21 heavy (non-hydrogen) atoms. The Labute approximate surface area is 144 Å². The molecule has 0 N–H and O–H groups in total. The minimum absolute atomic E-state index is 0.0794. The molecule has 0 aliphatic carbocycles. The van der Waals surface area contributed by atoms with Crippen molar-refractivity contribution >= 4 is 54.2 Å². The molecule has 1 aliphatic heterocycles. The van der Waals surface area contributed by atoms with Gasteiger partial charge < -0.3 is 9.80 Å². The summed E-state index contributed by atoms with van der Waals surface area (Å²) in [5, 5.41) is 3.01. The van der Waals surface area contributed by atoms with Gasteiger partial charge in [-0.05, 0) is 18.2 Å². The van der Waals surface area contributed by atoms with Crippen LogP contribution in [0.25, 0.3) is 0 Å². The molecule has 0 atom stereocenters. The fourth-order valence-corrected chi connectivity index (χ4v) is 4.32. The predicted molar refractivity (Wildman–Crippen MR) is 92.1 cm³/mol. The molecule has 0 saturated carbocycles. The second-order valence-electron chi connectivity index (χ2n) is 4.75. The number of aromatic nitrogens is 1. The third-order valence-electron chi connectivity index (χ3n) is 3.37. The van der Waals surface area contributed by atoms with Crippen LogP contribution in [0.1, 0.15) is 10.4 Å². The van der Waals surface area contributed by atoms with E-state index >= 15 is 0 Å². The van der Waals surface area contributed by atoms with E-state index in [1.165, 1.54) is 0 Å². The summed E-state index contributed by atoms with van der Waals surface area (Å²) in [5.74, 6) is 0.0794. The molecule has 0 radical (unpaired) electrons. The van der Waals surface area contributed by atoms with Crippen LogP contribution in [0.3, 0.4) is 0 Å². The van der Waals surface area contributed by atoms with Gasteiger partial charge in [-0.1, -0.05) is 31.9 Å². The number of thiazole rings is 1. The number of piperazine rings is 1. The normalized spacial score (nSPS) is 15.3. The van der Waals surface area contributed by atoms with E-state index in [9.17, 15) is 4.79 Å². The van der Waals surface area contributed by atoms with Gasteiger partial charge in [-0.15, -0.1) is 11.3 Å². The van der Waals surface area contributed by atoms with Crippen LogP contribution in [0, 0.1) is 0 Å². The number of amides is 1. The molecular formula is C14H13Br2N3OS. The summed E-state index contributed by atoms with van der Waals surface area (Å²) in [6.07, 6.45) is 1.82. The number of carbonyl (C=O) groups excluding carboxylic acids is 1. The Kier molecular flexibility index (Phi) is 4.61. The molecule has 1 amide bonds. The van der Waals surface area contributed by atoms with Crippen LogP contribution in [0.15, 0.2) is 38.7 Å². The van der Waals surface area contributed by atoms with Gasteiger partial charge in [-0.2, -0.15) is 0 Å². The highest BCUT2D eigenvalue weighted by atomic mass is 79.9. The zero-order chi connectivity index (χ0) is 14.8. The molecule has 1 aromatic carbocycles. The number of nitrogens with zero attached hydrogens (tertiary/aromatic N) is 3. The van der Waals surface area contributed by atoms with Crippen molar-refractivity contribution in [2.45, 2.75) is 0 Å². The van der Waals surface area contributed by atoms with Crippen molar-refractivity contribution in [3.05, 3.63) is 44.3 Å².